The Morgan fingerprint density at radius 3 is 2.48 bits per heavy atom. The lowest BCUT2D eigenvalue weighted by Gasteiger charge is -2.25. The van der Waals surface area contributed by atoms with E-state index in [1.165, 1.54) is 0 Å². The lowest BCUT2D eigenvalue weighted by molar-refractivity contribution is -0.135. The summed E-state index contributed by atoms with van der Waals surface area (Å²) in [5.74, 6) is 1.57. The maximum atomic E-state index is 11.8. The van der Waals surface area contributed by atoms with E-state index >= 15 is 0 Å². The van der Waals surface area contributed by atoms with Crippen LogP contribution in [0.1, 0.15) is 23.5 Å². The molecular weight excluding hydrogens is 272 g/mol. The zero-order valence-electron chi connectivity index (χ0n) is 11.0. The van der Waals surface area contributed by atoms with Crippen molar-refractivity contribution in [2.45, 2.75) is 12.3 Å². The Bertz CT molecular complexity index is 720. The Hall–Kier alpha value is -2.69. The Morgan fingerprint density at radius 2 is 1.71 bits per heavy atom. The first-order valence-corrected chi connectivity index (χ1v) is 6.64. The first kappa shape index (κ1) is 12.1. The van der Waals surface area contributed by atoms with E-state index in [1.807, 2.05) is 18.2 Å². The zero-order chi connectivity index (χ0) is 14.4. The Balaban J connectivity index is 1.83. The van der Waals surface area contributed by atoms with Crippen LogP contribution in [0.5, 0.6) is 23.0 Å². The number of hydrogen-bond acceptors (Lipinski definition) is 5. The molecule has 0 amide bonds. The molecule has 2 aliphatic rings. The van der Waals surface area contributed by atoms with Crippen LogP contribution in [0, 0.1) is 0 Å². The molecule has 21 heavy (non-hydrogen) atoms. The van der Waals surface area contributed by atoms with Gasteiger partial charge in [-0.25, -0.2) is 0 Å². The van der Waals surface area contributed by atoms with Gasteiger partial charge in [0.15, 0.2) is 11.5 Å². The summed E-state index contributed by atoms with van der Waals surface area (Å²) in [6, 6.07) is 10.4. The third-order valence-corrected chi connectivity index (χ3v) is 3.77. The van der Waals surface area contributed by atoms with E-state index in [9.17, 15) is 9.90 Å². The van der Waals surface area contributed by atoms with Gasteiger partial charge >= 0.3 is 5.97 Å². The fourth-order valence-corrected chi connectivity index (χ4v) is 2.74. The molecule has 0 radical (unpaired) electrons. The SMILES string of the molecule is O=C1CC(c2ccc(O)cc2)c2cc3c(cc2O1)OCO3. The molecule has 0 spiro atoms. The van der Waals surface area contributed by atoms with Gasteiger partial charge in [-0.3, -0.25) is 4.79 Å². The first-order valence-electron chi connectivity index (χ1n) is 6.64. The third kappa shape index (κ3) is 1.98. The van der Waals surface area contributed by atoms with E-state index in [0.29, 0.717) is 17.2 Å². The van der Waals surface area contributed by atoms with Crippen molar-refractivity contribution in [2.24, 2.45) is 0 Å². The molecule has 106 valence electrons. The van der Waals surface area contributed by atoms with E-state index in [4.69, 9.17) is 14.2 Å². The van der Waals surface area contributed by atoms with E-state index in [1.54, 1.807) is 18.2 Å². The molecule has 0 saturated carbocycles. The number of carbonyl (C=O) groups excluding carboxylic acids is 1. The van der Waals surface area contributed by atoms with E-state index < -0.39 is 0 Å². The van der Waals surface area contributed by atoms with Crippen molar-refractivity contribution in [2.75, 3.05) is 6.79 Å². The average Bonchev–Trinajstić information content (AvgIpc) is 2.92. The standard InChI is InChI=1S/C16H12O5/c17-10-3-1-9(2-4-10)11-6-16(18)21-13-7-15-14(5-12(11)13)19-8-20-15/h1-5,7,11,17H,6,8H2. The number of ether oxygens (including phenoxy) is 3. The summed E-state index contributed by atoms with van der Waals surface area (Å²) in [5.41, 5.74) is 1.84. The number of carbonyl (C=O) groups is 1. The van der Waals surface area contributed by atoms with Gasteiger partial charge in [0.25, 0.3) is 0 Å². The van der Waals surface area contributed by atoms with Gasteiger partial charge < -0.3 is 19.3 Å². The summed E-state index contributed by atoms with van der Waals surface area (Å²) < 4.78 is 16.0. The van der Waals surface area contributed by atoms with Crippen molar-refractivity contribution in [1.29, 1.82) is 0 Å². The Labute approximate surface area is 120 Å². The molecule has 2 aromatic rings. The monoisotopic (exact) mass is 284 g/mol. The second kappa shape index (κ2) is 4.41. The van der Waals surface area contributed by atoms with Crippen molar-refractivity contribution < 1.29 is 24.1 Å². The minimum Gasteiger partial charge on any atom is -0.508 e. The quantitative estimate of drug-likeness (QED) is 0.644. The summed E-state index contributed by atoms with van der Waals surface area (Å²) in [5, 5.41) is 9.40. The number of aromatic hydroxyl groups is 1. The second-order valence-electron chi connectivity index (χ2n) is 5.07. The summed E-state index contributed by atoms with van der Waals surface area (Å²) in [4.78, 5) is 11.8. The fourth-order valence-electron chi connectivity index (χ4n) is 2.74. The van der Waals surface area contributed by atoms with Crippen LogP contribution < -0.4 is 14.2 Å². The lowest BCUT2D eigenvalue weighted by Crippen LogP contribution is -2.20. The normalized spacial score (nSPS) is 19.0. The first-order chi connectivity index (χ1) is 10.2. The molecule has 1 N–H and O–H groups in total. The molecule has 4 rings (SSSR count). The smallest absolute Gasteiger partial charge is 0.312 e. The molecule has 1 atom stereocenters. The number of phenols is 1. The van der Waals surface area contributed by atoms with Gasteiger partial charge in [-0.15, -0.1) is 0 Å². The predicted molar refractivity (Wildman–Crippen MR) is 72.8 cm³/mol. The van der Waals surface area contributed by atoms with Crippen LogP contribution in [0.3, 0.4) is 0 Å². The highest BCUT2D eigenvalue weighted by Crippen LogP contribution is 2.46. The zero-order valence-corrected chi connectivity index (χ0v) is 11.0. The van der Waals surface area contributed by atoms with Crippen LogP contribution in [0.4, 0.5) is 0 Å². The topological polar surface area (TPSA) is 65.0 Å². The summed E-state index contributed by atoms with van der Waals surface area (Å²) in [7, 11) is 0. The van der Waals surface area contributed by atoms with Crippen LogP contribution in [0.2, 0.25) is 0 Å². The van der Waals surface area contributed by atoms with E-state index in [-0.39, 0.29) is 30.9 Å². The predicted octanol–water partition coefficient (Wildman–Crippen LogP) is 2.56. The molecule has 0 bridgehead atoms. The summed E-state index contributed by atoms with van der Waals surface area (Å²) in [6.45, 7) is 0.177. The highest BCUT2D eigenvalue weighted by atomic mass is 16.7. The molecule has 0 saturated heterocycles. The molecule has 2 aromatic carbocycles. The van der Waals surface area contributed by atoms with Crippen molar-refractivity contribution in [3.05, 3.63) is 47.5 Å². The molecule has 2 heterocycles. The summed E-state index contributed by atoms with van der Waals surface area (Å²) >= 11 is 0. The van der Waals surface area contributed by atoms with Crippen LogP contribution >= 0.6 is 0 Å². The lowest BCUT2D eigenvalue weighted by atomic mass is 9.86. The van der Waals surface area contributed by atoms with Crippen LogP contribution in [0.15, 0.2) is 36.4 Å². The molecule has 0 aliphatic carbocycles. The molecule has 2 aliphatic heterocycles. The number of rotatable bonds is 1. The van der Waals surface area contributed by atoms with Gasteiger partial charge in [0.1, 0.15) is 11.5 Å². The van der Waals surface area contributed by atoms with Gasteiger partial charge in [-0.1, -0.05) is 12.1 Å². The molecule has 0 fully saturated rings. The Kier molecular flexibility index (Phi) is 2.54. The Morgan fingerprint density at radius 1 is 1.00 bits per heavy atom. The van der Waals surface area contributed by atoms with Crippen molar-refractivity contribution >= 4 is 5.97 Å². The molecule has 5 nitrogen and oxygen atoms in total. The van der Waals surface area contributed by atoms with Gasteiger partial charge in [0, 0.05) is 17.5 Å². The molecular formula is C16H12O5. The maximum Gasteiger partial charge on any atom is 0.312 e. The van der Waals surface area contributed by atoms with Gasteiger partial charge in [-0.2, -0.15) is 0 Å². The number of esters is 1. The summed E-state index contributed by atoms with van der Waals surface area (Å²) in [6.07, 6.45) is 0.261. The second-order valence-corrected chi connectivity index (χ2v) is 5.07. The van der Waals surface area contributed by atoms with Crippen LogP contribution in [-0.2, 0) is 4.79 Å². The maximum absolute atomic E-state index is 11.8. The van der Waals surface area contributed by atoms with Gasteiger partial charge in [-0.05, 0) is 23.8 Å². The van der Waals surface area contributed by atoms with Crippen LogP contribution in [0.25, 0.3) is 0 Å². The largest absolute Gasteiger partial charge is 0.508 e. The van der Waals surface area contributed by atoms with E-state index in [2.05, 4.69) is 0 Å². The number of phenolic OH excluding ortho intramolecular Hbond substituents is 1. The molecule has 1 unspecified atom stereocenters. The number of benzene rings is 2. The number of fused-ring (bicyclic) bond motifs is 2. The molecule has 5 heteroatoms. The van der Waals surface area contributed by atoms with Gasteiger partial charge in [0.05, 0.1) is 6.42 Å². The third-order valence-electron chi connectivity index (χ3n) is 3.77. The van der Waals surface area contributed by atoms with Crippen molar-refractivity contribution in [3.8, 4) is 23.0 Å². The number of hydrogen-bond donors (Lipinski definition) is 1. The molecule has 0 aromatic heterocycles. The van der Waals surface area contributed by atoms with E-state index in [0.717, 1.165) is 11.1 Å². The average molecular weight is 284 g/mol. The fraction of sp³-hybridized carbons (Fsp3) is 0.188. The highest BCUT2D eigenvalue weighted by Gasteiger charge is 2.31. The minimum absolute atomic E-state index is 0.114. The van der Waals surface area contributed by atoms with Crippen molar-refractivity contribution in [3.63, 3.8) is 0 Å². The minimum atomic E-state index is -0.278. The van der Waals surface area contributed by atoms with Crippen LogP contribution in [-0.4, -0.2) is 17.9 Å². The highest BCUT2D eigenvalue weighted by molar-refractivity contribution is 5.78. The van der Waals surface area contributed by atoms with Gasteiger partial charge in [0.2, 0.25) is 6.79 Å². The van der Waals surface area contributed by atoms with Crippen molar-refractivity contribution in [1.82, 2.24) is 0 Å².